The van der Waals surface area contributed by atoms with Gasteiger partial charge in [0.1, 0.15) is 5.69 Å². The fourth-order valence-electron chi connectivity index (χ4n) is 2.98. The Morgan fingerprint density at radius 2 is 2.19 bits per heavy atom. The molecule has 2 aliphatic rings. The molecule has 21 heavy (non-hydrogen) atoms. The highest BCUT2D eigenvalue weighted by atomic mass is 16.5. The van der Waals surface area contributed by atoms with Crippen molar-refractivity contribution >= 4 is 5.91 Å². The Balaban J connectivity index is 1.68. The van der Waals surface area contributed by atoms with Gasteiger partial charge in [-0.3, -0.25) is 9.59 Å². The molecule has 0 saturated carbocycles. The van der Waals surface area contributed by atoms with Crippen LogP contribution in [-0.2, 0) is 4.74 Å². The van der Waals surface area contributed by atoms with Crippen molar-refractivity contribution in [3.05, 3.63) is 40.1 Å². The van der Waals surface area contributed by atoms with Gasteiger partial charge in [-0.2, -0.15) is 0 Å². The second-order valence-electron chi connectivity index (χ2n) is 5.74. The first-order valence-electron chi connectivity index (χ1n) is 7.24. The molecule has 112 valence electrons. The number of nitrogens with zero attached hydrogens (tertiary/aromatic N) is 2. The molecular formula is C15H19N3O3. The van der Waals surface area contributed by atoms with E-state index < -0.39 is 0 Å². The molecule has 1 amide bonds. The van der Waals surface area contributed by atoms with E-state index in [1.165, 1.54) is 11.8 Å². The molecule has 0 aliphatic carbocycles. The van der Waals surface area contributed by atoms with Crippen molar-refractivity contribution in [2.24, 2.45) is 0 Å². The lowest BCUT2D eigenvalue weighted by atomic mass is 9.87. The van der Waals surface area contributed by atoms with Crippen LogP contribution in [0.3, 0.4) is 0 Å². The maximum Gasteiger partial charge on any atom is 0.273 e. The molecular weight excluding hydrogens is 270 g/mol. The maximum absolute atomic E-state index is 12.3. The Hall–Kier alpha value is -1.95. The third-order valence-electron chi connectivity index (χ3n) is 4.18. The number of H-pyrrole nitrogens is 1. The number of amides is 1. The molecule has 1 saturated heterocycles. The van der Waals surface area contributed by atoms with Crippen molar-refractivity contribution in [2.75, 3.05) is 19.7 Å². The zero-order chi connectivity index (χ0) is 14.9. The molecule has 0 bridgehead atoms. The van der Waals surface area contributed by atoms with Crippen LogP contribution in [0, 0.1) is 0 Å². The summed E-state index contributed by atoms with van der Waals surface area (Å²) in [6, 6.07) is 0. The smallest absolute Gasteiger partial charge is 0.273 e. The SMILES string of the molecule is CC1=CC2(CCN(C(=O)c3c[nH]c(=O)cn3)CC2)OCC1. The summed E-state index contributed by atoms with van der Waals surface area (Å²) in [5.41, 5.74) is 1.14. The first-order valence-corrected chi connectivity index (χ1v) is 7.24. The van der Waals surface area contributed by atoms with E-state index in [1.54, 1.807) is 4.90 Å². The van der Waals surface area contributed by atoms with E-state index in [2.05, 4.69) is 23.0 Å². The van der Waals surface area contributed by atoms with Gasteiger partial charge in [-0.15, -0.1) is 0 Å². The van der Waals surface area contributed by atoms with E-state index >= 15 is 0 Å². The number of piperidine rings is 1. The van der Waals surface area contributed by atoms with Crippen LogP contribution >= 0.6 is 0 Å². The minimum Gasteiger partial charge on any atom is -0.370 e. The quantitative estimate of drug-likeness (QED) is 0.786. The van der Waals surface area contributed by atoms with E-state index in [9.17, 15) is 9.59 Å². The number of rotatable bonds is 1. The van der Waals surface area contributed by atoms with Crippen molar-refractivity contribution in [1.29, 1.82) is 0 Å². The molecule has 0 atom stereocenters. The Labute approximate surface area is 122 Å². The Morgan fingerprint density at radius 1 is 1.43 bits per heavy atom. The number of hydrogen-bond acceptors (Lipinski definition) is 4. The maximum atomic E-state index is 12.3. The van der Waals surface area contributed by atoms with Crippen LogP contribution in [0.25, 0.3) is 0 Å². The van der Waals surface area contributed by atoms with E-state index in [1.807, 2.05) is 0 Å². The van der Waals surface area contributed by atoms with Crippen LogP contribution in [0.2, 0.25) is 0 Å². The minimum absolute atomic E-state index is 0.141. The van der Waals surface area contributed by atoms with Crippen molar-refractivity contribution < 1.29 is 9.53 Å². The molecule has 1 aromatic rings. The van der Waals surface area contributed by atoms with E-state index in [0.717, 1.165) is 32.1 Å². The highest BCUT2D eigenvalue weighted by Gasteiger charge is 2.37. The average Bonchev–Trinajstić information content (AvgIpc) is 2.48. The minimum atomic E-state index is -0.305. The van der Waals surface area contributed by atoms with Crippen LogP contribution in [-0.4, -0.2) is 46.1 Å². The second kappa shape index (κ2) is 5.44. The molecule has 0 unspecified atom stereocenters. The highest BCUT2D eigenvalue weighted by Crippen LogP contribution is 2.33. The fraction of sp³-hybridized carbons (Fsp3) is 0.533. The number of carbonyl (C=O) groups excluding carboxylic acids is 1. The van der Waals surface area contributed by atoms with E-state index in [-0.39, 0.29) is 22.8 Å². The van der Waals surface area contributed by atoms with Crippen molar-refractivity contribution in [1.82, 2.24) is 14.9 Å². The summed E-state index contributed by atoms with van der Waals surface area (Å²) >= 11 is 0. The fourth-order valence-corrected chi connectivity index (χ4v) is 2.98. The van der Waals surface area contributed by atoms with Crippen molar-refractivity contribution in [3.8, 4) is 0 Å². The molecule has 1 fully saturated rings. The van der Waals surface area contributed by atoms with E-state index in [4.69, 9.17) is 4.74 Å². The lowest BCUT2D eigenvalue weighted by molar-refractivity contribution is -0.0522. The number of likely N-dealkylation sites (tertiary alicyclic amines) is 1. The molecule has 2 aliphatic heterocycles. The molecule has 6 nitrogen and oxygen atoms in total. The zero-order valence-corrected chi connectivity index (χ0v) is 12.1. The number of ether oxygens (including phenoxy) is 1. The predicted molar refractivity (Wildman–Crippen MR) is 77.1 cm³/mol. The molecule has 3 heterocycles. The molecule has 0 radical (unpaired) electrons. The van der Waals surface area contributed by atoms with Gasteiger partial charge in [0.2, 0.25) is 0 Å². The van der Waals surface area contributed by atoms with Crippen molar-refractivity contribution in [3.63, 3.8) is 0 Å². The van der Waals surface area contributed by atoms with Crippen LogP contribution in [0.5, 0.6) is 0 Å². The van der Waals surface area contributed by atoms with Gasteiger partial charge in [0.15, 0.2) is 0 Å². The van der Waals surface area contributed by atoms with E-state index in [0.29, 0.717) is 13.1 Å². The molecule has 1 spiro atoms. The standard InChI is InChI=1S/C15H19N3O3/c1-11-2-7-21-15(8-11)3-5-18(6-4-15)14(20)12-9-17-13(19)10-16-12/h8-10H,2-7H2,1H3,(H,17,19). The molecule has 3 rings (SSSR count). The van der Waals surface area contributed by atoms with Gasteiger partial charge >= 0.3 is 0 Å². The third kappa shape index (κ3) is 2.90. The lowest BCUT2D eigenvalue weighted by Gasteiger charge is -2.42. The summed E-state index contributed by atoms with van der Waals surface area (Å²) in [5.74, 6) is -0.141. The van der Waals surface area contributed by atoms with Gasteiger partial charge in [0.25, 0.3) is 11.5 Å². The van der Waals surface area contributed by atoms with Gasteiger partial charge < -0.3 is 14.6 Å². The van der Waals surface area contributed by atoms with Gasteiger partial charge in [-0.05, 0) is 26.2 Å². The molecule has 1 aromatic heterocycles. The Kier molecular flexibility index (Phi) is 3.63. The first kappa shape index (κ1) is 14.0. The zero-order valence-electron chi connectivity index (χ0n) is 12.1. The summed E-state index contributed by atoms with van der Waals surface area (Å²) in [7, 11) is 0. The number of aromatic nitrogens is 2. The monoisotopic (exact) mass is 289 g/mol. The summed E-state index contributed by atoms with van der Waals surface area (Å²) in [6.07, 6.45) is 7.33. The van der Waals surface area contributed by atoms with Crippen LogP contribution in [0.1, 0.15) is 36.7 Å². The normalized spacial score (nSPS) is 21.2. The molecule has 6 heteroatoms. The number of carbonyl (C=O) groups is 1. The highest BCUT2D eigenvalue weighted by molar-refractivity contribution is 5.92. The largest absolute Gasteiger partial charge is 0.370 e. The third-order valence-corrected chi connectivity index (χ3v) is 4.18. The van der Waals surface area contributed by atoms with Crippen LogP contribution < -0.4 is 5.56 Å². The summed E-state index contributed by atoms with van der Waals surface area (Å²) in [5, 5.41) is 0. The molecule has 1 N–H and O–H groups in total. The van der Waals surface area contributed by atoms with Gasteiger partial charge in [0.05, 0.1) is 18.4 Å². The number of aromatic amines is 1. The second-order valence-corrected chi connectivity index (χ2v) is 5.74. The summed E-state index contributed by atoms with van der Waals surface area (Å²) in [4.78, 5) is 31.5. The average molecular weight is 289 g/mol. The predicted octanol–water partition coefficient (Wildman–Crippen LogP) is 1.11. The van der Waals surface area contributed by atoms with Crippen molar-refractivity contribution in [2.45, 2.75) is 31.8 Å². The molecule has 0 aromatic carbocycles. The summed E-state index contributed by atoms with van der Waals surface area (Å²) < 4.78 is 5.95. The van der Waals surface area contributed by atoms with Crippen LogP contribution in [0.15, 0.2) is 28.8 Å². The Bertz CT molecular complexity index is 607. The van der Waals surface area contributed by atoms with Gasteiger partial charge in [0, 0.05) is 19.3 Å². The lowest BCUT2D eigenvalue weighted by Crippen LogP contribution is -2.48. The topological polar surface area (TPSA) is 75.3 Å². The van der Waals surface area contributed by atoms with Gasteiger partial charge in [-0.25, -0.2) is 4.98 Å². The Morgan fingerprint density at radius 3 is 2.81 bits per heavy atom. The van der Waals surface area contributed by atoms with Crippen LogP contribution in [0.4, 0.5) is 0 Å². The van der Waals surface area contributed by atoms with Gasteiger partial charge in [-0.1, -0.05) is 11.6 Å². The first-order chi connectivity index (χ1) is 10.1. The number of nitrogens with one attached hydrogen (secondary N) is 1. The number of hydrogen-bond donors (Lipinski definition) is 1. The summed E-state index contributed by atoms with van der Waals surface area (Å²) in [6.45, 7) is 4.18.